The molecule has 19 heavy (non-hydrogen) atoms. The number of carbonyl (C=O) groups is 1. The minimum absolute atomic E-state index is 0.0666. The maximum atomic E-state index is 11.8. The molecule has 2 N–H and O–H groups in total. The van der Waals surface area contributed by atoms with Crippen LogP contribution in [0.1, 0.15) is 33.1 Å². The molecular formula is C15H22O4. The van der Waals surface area contributed by atoms with Gasteiger partial charge in [0.15, 0.2) is 0 Å². The summed E-state index contributed by atoms with van der Waals surface area (Å²) in [6.07, 6.45) is 1.16. The summed E-state index contributed by atoms with van der Waals surface area (Å²) in [6.45, 7) is 7.72. The molecule has 0 bridgehead atoms. The number of fused-ring (bicyclic) bond motifs is 3. The maximum absolute atomic E-state index is 11.8. The standard InChI is InChI=1S/C15H22O4/c1-7-9-4-5-15(3,18)10-6-11(16)8(2)12(10)13(9)19-14(7)17/h7,9-13,16,18H,2,4-6H2,1,3H3. The molecule has 4 nitrogen and oxygen atoms in total. The zero-order valence-electron chi connectivity index (χ0n) is 11.5. The van der Waals surface area contributed by atoms with Gasteiger partial charge in [-0.1, -0.05) is 13.5 Å². The highest BCUT2D eigenvalue weighted by Crippen LogP contribution is 2.53. The van der Waals surface area contributed by atoms with Gasteiger partial charge in [-0.3, -0.25) is 4.79 Å². The predicted octanol–water partition coefficient (Wildman–Crippen LogP) is 1.26. The number of hydrogen-bond donors (Lipinski definition) is 2. The average molecular weight is 266 g/mol. The number of rotatable bonds is 0. The molecule has 0 amide bonds. The van der Waals surface area contributed by atoms with E-state index in [-0.39, 0.29) is 35.7 Å². The van der Waals surface area contributed by atoms with Crippen LogP contribution in [0, 0.1) is 23.7 Å². The van der Waals surface area contributed by atoms with Crippen LogP contribution in [0.25, 0.3) is 0 Å². The van der Waals surface area contributed by atoms with Crippen molar-refractivity contribution in [2.75, 3.05) is 0 Å². The summed E-state index contributed by atoms with van der Waals surface area (Å²) in [7, 11) is 0. The molecular weight excluding hydrogens is 244 g/mol. The quantitative estimate of drug-likeness (QED) is 0.512. The van der Waals surface area contributed by atoms with Crippen LogP contribution in [0.4, 0.5) is 0 Å². The van der Waals surface area contributed by atoms with E-state index in [4.69, 9.17) is 4.74 Å². The van der Waals surface area contributed by atoms with Crippen LogP contribution in [0.5, 0.6) is 0 Å². The summed E-state index contributed by atoms with van der Waals surface area (Å²) in [6, 6.07) is 0. The van der Waals surface area contributed by atoms with Crippen molar-refractivity contribution in [2.45, 2.75) is 50.9 Å². The van der Waals surface area contributed by atoms with Crippen LogP contribution in [0.15, 0.2) is 12.2 Å². The Morgan fingerprint density at radius 2 is 2.16 bits per heavy atom. The van der Waals surface area contributed by atoms with E-state index in [2.05, 4.69) is 6.58 Å². The van der Waals surface area contributed by atoms with E-state index in [1.54, 1.807) is 0 Å². The number of hydrogen-bond acceptors (Lipinski definition) is 4. The number of esters is 1. The summed E-state index contributed by atoms with van der Waals surface area (Å²) in [4.78, 5) is 11.8. The summed E-state index contributed by atoms with van der Waals surface area (Å²) in [5, 5.41) is 20.7. The Bertz CT molecular complexity index is 428. The fourth-order valence-electron chi connectivity index (χ4n) is 4.29. The van der Waals surface area contributed by atoms with Crippen LogP contribution in [-0.4, -0.2) is 34.0 Å². The van der Waals surface area contributed by atoms with Crippen LogP contribution in [0.3, 0.4) is 0 Å². The SMILES string of the molecule is C=C1C(O)CC2C1C1OC(=O)C(C)C1CCC2(C)O. The van der Waals surface area contributed by atoms with E-state index < -0.39 is 11.7 Å². The lowest BCUT2D eigenvalue weighted by atomic mass is 9.77. The molecule has 1 aliphatic heterocycles. The lowest BCUT2D eigenvalue weighted by Gasteiger charge is -2.33. The first-order valence-electron chi connectivity index (χ1n) is 7.12. The van der Waals surface area contributed by atoms with Crippen molar-refractivity contribution in [3.8, 4) is 0 Å². The fourth-order valence-corrected chi connectivity index (χ4v) is 4.29. The normalized spacial score (nSPS) is 53.5. The second-order valence-electron chi connectivity index (χ2n) is 6.71. The van der Waals surface area contributed by atoms with Crippen LogP contribution in [-0.2, 0) is 9.53 Å². The fraction of sp³-hybridized carbons (Fsp3) is 0.800. The molecule has 7 unspecified atom stereocenters. The van der Waals surface area contributed by atoms with Gasteiger partial charge in [0.1, 0.15) is 6.10 Å². The maximum Gasteiger partial charge on any atom is 0.309 e. The molecule has 2 aliphatic carbocycles. The van der Waals surface area contributed by atoms with Gasteiger partial charge in [-0.2, -0.15) is 0 Å². The number of aliphatic hydroxyl groups is 2. The van der Waals surface area contributed by atoms with Crippen molar-refractivity contribution in [1.82, 2.24) is 0 Å². The topological polar surface area (TPSA) is 66.8 Å². The number of carbonyl (C=O) groups excluding carboxylic acids is 1. The highest BCUT2D eigenvalue weighted by molar-refractivity contribution is 5.75. The molecule has 0 aromatic rings. The zero-order chi connectivity index (χ0) is 13.9. The second-order valence-corrected chi connectivity index (χ2v) is 6.71. The number of ether oxygens (including phenoxy) is 1. The van der Waals surface area contributed by atoms with Crippen molar-refractivity contribution in [2.24, 2.45) is 23.7 Å². The van der Waals surface area contributed by atoms with Gasteiger partial charge in [0.05, 0.1) is 17.6 Å². The first-order chi connectivity index (χ1) is 8.83. The third-order valence-electron chi connectivity index (χ3n) is 5.59. The highest BCUT2D eigenvalue weighted by Gasteiger charge is 2.58. The summed E-state index contributed by atoms with van der Waals surface area (Å²) >= 11 is 0. The van der Waals surface area contributed by atoms with E-state index in [9.17, 15) is 15.0 Å². The molecule has 3 rings (SSSR count). The molecule has 106 valence electrons. The third-order valence-corrected chi connectivity index (χ3v) is 5.59. The Morgan fingerprint density at radius 3 is 2.84 bits per heavy atom. The average Bonchev–Trinajstić information content (AvgIpc) is 2.74. The predicted molar refractivity (Wildman–Crippen MR) is 69.1 cm³/mol. The van der Waals surface area contributed by atoms with E-state index in [0.717, 1.165) is 12.0 Å². The van der Waals surface area contributed by atoms with E-state index in [1.165, 1.54) is 0 Å². The van der Waals surface area contributed by atoms with Crippen molar-refractivity contribution in [3.63, 3.8) is 0 Å². The Labute approximate surface area is 113 Å². The molecule has 7 atom stereocenters. The summed E-state index contributed by atoms with van der Waals surface area (Å²) in [5.74, 6) is -0.305. The largest absolute Gasteiger partial charge is 0.461 e. The van der Waals surface area contributed by atoms with E-state index in [1.807, 2.05) is 13.8 Å². The van der Waals surface area contributed by atoms with Crippen LogP contribution >= 0.6 is 0 Å². The van der Waals surface area contributed by atoms with Gasteiger partial charge in [-0.15, -0.1) is 0 Å². The van der Waals surface area contributed by atoms with Crippen LogP contribution in [0.2, 0.25) is 0 Å². The van der Waals surface area contributed by atoms with Crippen molar-refractivity contribution in [1.29, 1.82) is 0 Å². The summed E-state index contributed by atoms with van der Waals surface area (Å²) in [5.41, 5.74) is -0.0919. The minimum Gasteiger partial charge on any atom is -0.461 e. The first-order valence-corrected chi connectivity index (χ1v) is 7.12. The monoisotopic (exact) mass is 266 g/mol. The molecule has 0 aromatic heterocycles. The lowest BCUT2D eigenvalue weighted by molar-refractivity contribution is -0.146. The Hall–Kier alpha value is -0.870. The molecule has 1 saturated heterocycles. The van der Waals surface area contributed by atoms with Gasteiger partial charge in [0.2, 0.25) is 0 Å². The first kappa shape index (κ1) is 13.1. The molecule has 3 fully saturated rings. The molecule has 0 radical (unpaired) electrons. The molecule has 3 aliphatic rings. The molecule has 0 spiro atoms. The van der Waals surface area contributed by atoms with E-state index >= 15 is 0 Å². The van der Waals surface area contributed by atoms with Gasteiger partial charge >= 0.3 is 5.97 Å². The molecule has 0 aromatic carbocycles. The third kappa shape index (κ3) is 1.77. The van der Waals surface area contributed by atoms with Gasteiger partial charge in [-0.05, 0) is 31.8 Å². The van der Waals surface area contributed by atoms with Gasteiger partial charge in [0, 0.05) is 17.8 Å². The lowest BCUT2D eigenvalue weighted by Crippen LogP contribution is -2.39. The molecule has 4 heteroatoms. The smallest absolute Gasteiger partial charge is 0.309 e. The van der Waals surface area contributed by atoms with Crippen molar-refractivity contribution < 1.29 is 19.7 Å². The van der Waals surface area contributed by atoms with Gasteiger partial charge < -0.3 is 14.9 Å². The molecule has 1 heterocycles. The van der Waals surface area contributed by atoms with E-state index in [0.29, 0.717) is 12.8 Å². The summed E-state index contributed by atoms with van der Waals surface area (Å²) < 4.78 is 5.56. The van der Waals surface area contributed by atoms with Crippen LogP contribution < -0.4 is 0 Å². The van der Waals surface area contributed by atoms with Gasteiger partial charge in [0.25, 0.3) is 0 Å². The minimum atomic E-state index is -0.818. The van der Waals surface area contributed by atoms with Crippen molar-refractivity contribution >= 4 is 5.97 Å². The molecule has 2 saturated carbocycles. The van der Waals surface area contributed by atoms with Gasteiger partial charge in [-0.25, -0.2) is 0 Å². The highest BCUT2D eigenvalue weighted by atomic mass is 16.6. The Morgan fingerprint density at radius 1 is 1.47 bits per heavy atom. The zero-order valence-corrected chi connectivity index (χ0v) is 11.5. The Kier molecular flexibility index (Phi) is 2.81. The number of aliphatic hydroxyl groups excluding tert-OH is 1. The Balaban J connectivity index is 2.01. The second kappa shape index (κ2) is 4.06. The van der Waals surface area contributed by atoms with Crippen molar-refractivity contribution in [3.05, 3.63) is 12.2 Å².